The predicted octanol–water partition coefficient (Wildman–Crippen LogP) is 4.16. The van der Waals surface area contributed by atoms with Crippen molar-refractivity contribution < 1.29 is 13.5 Å². The first-order valence-corrected chi connectivity index (χ1v) is 7.62. The molecule has 21 heavy (non-hydrogen) atoms. The Hall–Kier alpha value is -1.53. The summed E-state index contributed by atoms with van der Waals surface area (Å²) < 4.78 is 28.8. The highest BCUT2D eigenvalue weighted by atomic mass is 32.1. The summed E-state index contributed by atoms with van der Waals surface area (Å²) >= 11 is 1.68. The summed E-state index contributed by atoms with van der Waals surface area (Å²) in [7, 11) is 0. The van der Waals surface area contributed by atoms with Crippen molar-refractivity contribution in [2.75, 3.05) is 0 Å². The molecule has 0 saturated heterocycles. The number of nitrogens with one attached hydrogen (secondary N) is 1. The number of aryl methyl sites for hydroxylation is 1. The zero-order valence-corrected chi connectivity index (χ0v) is 12.8. The average Bonchev–Trinajstić information content (AvgIpc) is 2.92. The molecule has 1 N–H and O–H groups in total. The third-order valence-electron chi connectivity index (χ3n) is 3.09. The van der Waals surface area contributed by atoms with Crippen molar-refractivity contribution in [2.24, 2.45) is 0 Å². The predicted molar refractivity (Wildman–Crippen MR) is 79.8 cm³/mol. The van der Waals surface area contributed by atoms with Crippen LogP contribution in [0.4, 0.5) is 8.78 Å². The summed E-state index contributed by atoms with van der Waals surface area (Å²) in [5.41, 5.74) is 0.903. The quantitative estimate of drug-likeness (QED) is 0.833. The molecular weight excluding hydrogens is 294 g/mol. The fourth-order valence-electron chi connectivity index (χ4n) is 1.91. The maximum Gasteiger partial charge on any atom is 0.387 e. The Labute approximate surface area is 127 Å². The van der Waals surface area contributed by atoms with Gasteiger partial charge in [0.1, 0.15) is 10.8 Å². The molecule has 6 heteroatoms. The van der Waals surface area contributed by atoms with Crippen molar-refractivity contribution >= 4 is 11.3 Å². The number of ether oxygens (including phenoxy) is 1. The van der Waals surface area contributed by atoms with Crippen LogP contribution in [0.25, 0.3) is 0 Å². The van der Waals surface area contributed by atoms with Gasteiger partial charge in [-0.25, -0.2) is 4.98 Å². The monoisotopic (exact) mass is 312 g/mol. The number of hydrogen-bond acceptors (Lipinski definition) is 4. The van der Waals surface area contributed by atoms with Gasteiger partial charge < -0.3 is 10.1 Å². The Morgan fingerprint density at radius 2 is 2.19 bits per heavy atom. The van der Waals surface area contributed by atoms with Crippen LogP contribution in [-0.2, 0) is 13.0 Å². The van der Waals surface area contributed by atoms with Gasteiger partial charge in [-0.2, -0.15) is 8.78 Å². The second-order valence-corrected chi connectivity index (χ2v) is 5.83. The molecule has 0 radical (unpaired) electrons. The maximum atomic E-state index is 12.2. The number of nitrogens with zero attached hydrogens (tertiary/aromatic N) is 1. The van der Waals surface area contributed by atoms with Crippen LogP contribution in [0, 0.1) is 0 Å². The van der Waals surface area contributed by atoms with Gasteiger partial charge in [-0.3, -0.25) is 0 Å². The van der Waals surface area contributed by atoms with Gasteiger partial charge in [0.2, 0.25) is 0 Å². The first-order chi connectivity index (χ1) is 10.1. The van der Waals surface area contributed by atoms with Crippen LogP contribution >= 0.6 is 11.3 Å². The molecule has 0 amide bonds. The molecule has 1 unspecified atom stereocenters. The molecule has 114 valence electrons. The Bertz CT molecular complexity index is 574. The molecule has 2 rings (SSSR count). The van der Waals surface area contributed by atoms with E-state index < -0.39 is 6.61 Å². The molecule has 0 saturated carbocycles. The van der Waals surface area contributed by atoms with E-state index >= 15 is 0 Å². The number of benzene rings is 1. The van der Waals surface area contributed by atoms with Crippen LogP contribution in [-0.4, -0.2) is 11.6 Å². The summed E-state index contributed by atoms with van der Waals surface area (Å²) in [5, 5.41) is 4.36. The number of rotatable bonds is 7. The molecule has 0 fully saturated rings. The van der Waals surface area contributed by atoms with Gasteiger partial charge in [-0.15, -0.1) is 11.3 Å². The zero-order valence-electron chi connectivity index (χ0n) is 12.0. The summed E-state index contributed by atoms with van der Waals surface area (Å²) in [4.78, 5) is 5.60. The SMILES string of the molecule is CCc1cnc(CNC(C)c2cccc(OC(F)F)c2)s1. The summed E-state index contributed by atoms with van der Waals surface area (Å²) in [6.07, 6.45) is 2.88. The molecule has 3 nitrogen and oxygen atoms in total. The lowest BCUT2D eigenvalue weighted by molar-refractivity contribution is -0.0499. The lowest BCUT2D eigenvalue weighted by Crippen LogP contribution is -2.18. The molecule has 1 aromatic carbocycles. The van der Waals surface area contributed by atoms with Crippen LogP contribution < -0.4 is 10.1 Å². The number of hydrogen-bond donors (Lipinski definition) is 1. The average molecular weight is 312 g/mol. The van der Waals surface area contributed by atoms with E-state index in [4.69, 9.17) is 0 Å². The molecule has 0 bridgehead atoms. The van der Waals surface area contributed by atoms with Crippen molar-refractivity contribution in [1.29, 1.82) is 0 Å². The van der Waals surface area contributed by atoms with Crippen LogP contribution in [0.1, 0.15) is 35.3 Å². The van der Waals surface area contributed by atoms with E-state index in [2.05, 4.69) is 22.0 Å². The van der Waals surface area contributed by atoms with Gasteiger partial charge in [0, 0.05) is 23.7 Å². The molecular formula is C15H18F2N2OS. The van der Waals surface area contributed by atoms with Crippen LogP contribution in [0.15, 0.2) is 30.5 Å². The maximum absolute atomic E-state index is 12.2. The lowest BCUT2D eigenvalue weighted by Gasteiger charge is -2.14. The summed E-state index contributed by atoms with van der Waals surface area (Å²) in [6, 6.07) is 6.78. The third-order valence-corrected chi connectivity index (χ3v) is 4.23. The fourth-order valence-corrected chi connectivity index (χ4v) is 2.72. The van der Waals surface area contributed by atoms with Crippen molar-refractivity contribution in [1.82, 2.24) is 10.3 Å². The molecule has 2 aromatic rings. The summed E-state index contributed by atoms with van der Waals surface area (Å²) in [5.74, 6) is 0.179. The molecule has 0 spiro atoms. The Kier molecular flexibility index (Phi) is 5.64. The van der Waals surface area contributed by atoms with Gasteiger partial charge in [0.15, 0.2) is 0 Å². The van der Waals surface area contributed by atoms with Gasteiger partial charge in [-0.05, 0) is 31.0 Å². The normalized spacial score (nSPS) is 12.6. The minimum atomic E-state index is -2.80. The van der Waals surface area contributed by atoms with E-state index in [9.17, 15) is 8.78 Å². The minimum absolute atomic E-state index is 0.0280. The largest absolute Gasteiger partial charge is 0.435 e. The van der Waals surface area contributed by atoms with E-state index in [0.29, 0.717) is 6.54 Å². The first kappa shape index (κ1) is 15.9. The standard InChI is InChI=1S/C15H18F2N2OS/c1-3-13-8-19-14(21-13)9-18-10(2)11-5-4-6-12(7-11)20-15(16)17/h4-8,10,15,18H,3,9H2,1-2H3. The molecule has 0 aliphatic carbocycles. The number of thiazole rings is 1. The first-order valence-electron chi connectivity index (χ1n) is 6.80. The van der Waals surface area contributed by atoms with Crippen molar-refractivity contribution in [2.45, 2.75) is 39.5 Å². The molecule has 1 aromatic heterocycles. The molecule has 0 aliphatic rings. The van der Waals surface area contributed by atoms with Gasteiger partial charge >= 0.3 is 6.61 Å². The highest BCUT2D eigenvalue weighted by Crippen LogP contribution is 2.21. The second kappa shape index (κ2) is 7.47. The molecule has 1 heterocycles. The highest BCUT2D eigenvalue weighted by molar-refractivity contribution is 7.11. The molecule has 1 atom stereocenters. The fraction of sp³-hybridized carbons (Fsp3) is 0.400. The van der Waals surface area contributed by atoms with Crippen molar-refractivity contribution in [3.8, 4) is 5.75 Å². The Morgan fingerprint density at radius 3 is 2.86 bits per heavy atom. The number of alkyl halides is 2. The van der Waals surface area contributed by atoms with Crippen molar-refractivity contribution in [3.05, 3.63) is 45.9 Å². The third kappa shape index (κ3) is 4.75. The van der Waals surface area contributed by atoms with E-state index in [1.807, 2.05) is 19.2 Å². The number of halogens is 2. The smallest absolute Gasteiger partial charge is 0.387 e. The topological polar surface area (TPSA) is 34.2 Å². The van der Waals surface area contributed by atoms with Gasteiger partial charge in [0.05, 0.1) is 0 Å². The zero-order chi connectivity index (χ0) is 15.2. The number of aromatic nitrogens is 1. The Morgan fingerprint density at radius 1 is 1.38 bits per heavy atom. The highest BCUT2D eigenvalue weighted by Gasteiger charge is 2.10. The summed E-state index contributed by atoms with van der Waals surface area (Å²) in [6.45, 7) is 1.94. The second-order valence-electron chi connectivity index (χ2n) is 4.63. The van der Waals surface area contributed by atoms with Gasteiger partial charge in [0.25, 0.3) is 0 Å². The van der Waals surface area contributed by atoms with E-state index in [0.717, 1.165) is 17.0 Å². The van der Waals surface area contributed by atoms with E-state index in [1.165, 1.54) is 10.9 Å². The van der Waals surface area contributed by atoms with Gasteiger partial charge in [-0.1, -0.05) is 19.1 Å². The molecule has 0 aliphatic heterocycles. The van der Waals surface area contributed by atoms with Crippen LogP contribution in [0.5, 0.6) is 5.75 Å². The van der Waals surface area contributed by atoms with Crippen LogP contribution in [0.2, 0.25) is 0 Å². The van der Waals surface area contributed by atoms with Crippen LogP contribution in [0.3, 0.4) is 0 Å². The van der Waals surface area contributed by atoms with E-state index in [-0.39, 0.29) is 11.8 Å². The van der Waals surface area contributed by atoms with Crippen molar-refractivity contribution in [3.63, 3.8) is 0 Å². The lowest BCUT2D eigenvalue weighted by atomic mass is 10.1. The van der Waals surface area contributed by atoms with E-state index in [1.54, 1.807) is 23.5 Å². The Balaban J connectivity index is 1.94. The minimum Gasteiger partial charge on any atom is -0.435 e.